The molecular formula is C26H33F2N7O2. The fourth-order valence-corrected chi connectivity index (χ4v) is 5.33. The number of imidazole rings is 1. The monoisotopic (exact) mass is 513 g/mol. The molecule has 9 nitrogen and oxygen atoms in total. The van der Waals surface area contributed by atoms with Gasteiger partial charge < -0.3 is 4.90 Å². The molecule has 1 aliphatic carbocycles. The Hall–Kier alpha value is -3.37. The van der Waals surface area contributed by atoms with Crippen LogP contribution in [-0.2, 0) is 10.2 Å². The predicted molar refractivity (Wildman–Crippen MR) is 134 cm³/mol. The molecule has 1 saturated heterocycles. The molecule has 2 amide bonds. The topological polar surface area (TPSA) is 99.5 Å². The highest BCUT2D eigenvalue weighted by atomic mass is 19.3. The number of fused-ring (bicyclic) bond motifs is 1. The van der Waals surface area contributed by atoms with Crippen LogP contribution in [0.5, 0.6) is 0 Å². The van der Waals surface area contributed by atoms with Gasteiger partial charge in [-0.2, -0.15) is 10.2 Å². The Morgan fingerprint density at radius 3 is 2.49 bits per heavy atom. The van der Waals surface area contributed by atoms with Crippen LogP contribution in [0, 0.1) is 0 Å². The van der Waals surface area contributed by atoms with Gasteiger partial charge in [-0.3, -0.25) is 19.6 Å². The van der Waals surface area contributed by atoms with Gasteiger partial charge in [0.05, 0.1) is 11.9 Å². The Balaban J connectivity index is 1.48. The van der Waals surface area contributed by atoms with Crippen LogP contribution in [0.25, 0.3) is 5.65 Å². The van der Waals surface area contributed by atoms with Crippen LogP contribution in [-0.4, -0.2) is 66.1 Å². The Kier molecular flexibility index (Phi) is 5.87. The average molecular weight is 514 g/mol. The van der Waals surface area contributed by atoms with Gasteiger partial charge >= 0.3 is 0 Å². The van der Waals surface area contributed by atoms with Crippen molar-refractivity contribution in [3.05, 3.63) is 41.5 Å². The van der Waals surface area contributed by atoms with Crippen molar-refractivity contribution < 1.29 is 18.4 Å². The van der Waals surface area contributed by atoms with Gasteiger partial charge in [0.2, 0.25) is 5.92 Å². The van der Waals surface area contributed by atoms with Crippen molar-refractivity contribution in [3.63, 3.8) is 0 Å². The van der Waals surface area contributed by atoms with Gasteiger partial charge in [-0.05, 0) is 38.2 Å². The minimum Gasteiger partial charge on any atom is -0.321 e. The van der Waals surface area contributed by atoms with E-state index in [1.807, 2.05) is 26.8 Å². The second-order valence-corrected chi connectivity index (χ2v) is 11.7. The van der Waals surface area contributed by atoms with Crippen LogP contribution in [0.3, 0.4) is 0 Å². The first-order valence-electron chi connectivity index (χ1n) is 12.7. The lowest BCUT2D eigenvalue weighted by Gasteiger charge is -2.44. The molecule has 0 bridgehead atoms. The van der Waals surface area contributed by atoms with Crippen molar-refractivity contribution in [1.29, 1.82) is 0 Å². The summed E-state index contributed by atoms with van der Waals surface area (Å²) < 4.78 is 29.1. The van der Waals surface area contributed by atoms with Gasteiger partial charge in [-0.15, -0.1) is 0 Å². The van der Waals surface area contributed by atoms with E-state index in [4.69, 9.17) is 5.10 Å². The molecule has 1 aliphatic heterocycles. The number of hydrogen-bond acceptors (Lipinski definition) is 5. The highest BCUT2D eigenvalue weighted by Crippen LogP contribution is 2.41. The molecular weight excluding hydrogens is 480 g/mol. The summed E-state index contributed by atoms with van der Waals surface area (Å²) in [5.41, 5.74) is 0.968. The number of amides is 2. The van der Waals surface area contributed by atoms with E-state index < -0.39 is 11.5 Å². The molecule has 0 aromatic carbocycles. The molecule has 198 valence electrons. The summed E-state index contributed by atoms with van der Waals surface area (Å²) in [5, 5.41) is 11.5. The number of nitrogens with zero attached hydrogens (tertiary/aromatic N) is 6. The first-order chi connectivity index (χ1) is 17.3. The van der Waals surface area contributed by atoms with E-state index >= 15 is 0 Å². The standard InChI is InChI=1S/C26H33F2N7O2/c1-24(2,3)17-14-18(16-6-9-26(27,28)10-7-16)32-35-15-19(30-21(17)35)22(36)34-13-12-33(20-8-11-29-31-20)23(37)25(34,4)5/h8,11,14-16H,6-7,9-10,12-13H2,1-5H3,(H,29,31). The third-order valence-electron chi connectivity index (χ3n) is 7.61. The van der Waals surface area contributed by atoms with Crippen LogP contribution in [0.15, 0.2) is 24.5 Å². The summed E-state index contributed by atoms with van der Waals surface area (Å²) >= 11 is 0. The van der Waals surface area contributed by atoms with E-state index in [0.717, 1.165) is 11.3 Å². The largest absolute Gasteiger partial charge is 0.321 e. The number of aromatic nitrogens is 5. The molecule has 0 radical (unpaired) electrons. The number of carbonyl (C=O) groups is 2. The summed E-state index contributed by atoms with van der Waals surface area (Å²) in [6, 6.07) is 3.68. The molecule has 2 aliphatic rings. The quantitative estimate of drug-likeness (QED) is 0.563. The molecule has 37 heavy (non-hydrogen) atoms. The van der Waals surface area contributed by atoms with Gasteiger partial charge in [0.1, 0.15) is 11.2 Å². The van der Waals surface area contributed by atoms with Gasteiger partial charge in [0.15, 0.2) is 11.5 Å². The normalized spacial score (nSPS) is 20.6. The number of nitrogens with one attached hydrogen (secondary N) is 1. The molecule has 3 aromatic heterocycles. The maximum atomic E-state index is 13.8. The number of piperazine rings is 1. The molecule has 0 atom stereocenters. The smallest absolute Gasteiger partial charge is 0.275 e. The van der Waals surface area contributed by atoms with Gasteiger partial charge in [-0.25, -0.2) is 18.3 Å². The van der Waals surface area contributed by atoms with Gasteiger partial charge in [0, 0.05) is 49.7 Å². The maximum Gasteiger partial charge on any atom is 0.275 e. The van der Waals surface area contributed by atoms with Crippen LogP contribution in [0.1, 0.15) is 88.0 Å². The van der Waals surface area contributed by atoms with E-state index in [1.165, 1.54) is 0 Å². The van der Waals surface area contributed by atoms with E-state index in [1.54, 1.807) is 46.6 Å². The zero-order valence-electron chi connectivity index (χ0n) is 21.9. The lowest BCUT2D eigenvalue weighted by Crippen LogP contribution is -2.65. The third-order valence-corrected chi connectivity index (χ3v) is 7.61. The first kappa shape index (κ1) is 25.3. The molecule has 1 N–H and O–H groups in total. The maximum absolute atomic E-state index is 13.8. The Labute approximate surface area is 214 Å². The fourth-order valence-electron chi connectivity index (χ4n) is 5.33. The number of H-pyrrole nitrogens is 1. The van der Waals surface area contributed by atoms with Crippen LogP contribution >= 0.6 is 0 Å². The Morgan fingerprint density at radius 2 is 1.86 bits per heavy atom. The lowest BCUT2D eigenvalue weighted by molar-refractivity contribution is -0.129. The van der Waals surface area contributed by atoms with Crippen molar-refractivity contribution in [2.24, 2.45) is 0 Å². The zero-order chi connectivity index (χ0) is 26.8. The average Bonchev–Trinajstić information content (AvgIpc) is 3.49. The molecule has 3 aromatic rings. The van der Waals surface area contributed by atoms with Crippen molar-refractivity contribution in [1.82, 2.24) is 29.7 Å². The number of rotatable bonds is 3. The first-order valence-corrected chi connectivity index (χ1v) is 12.7. The molecule has 2 fully saturated rings. The Bertz CT molecular complexity index is 1330. The lowest BCUT2D eigenvalue weighted by atomic mass is 9.82. The van der Waals surface area contributed by atoms with E-state index in [-0.39, 0.29) is 41.7 Å². The predicted octanol–water partition coefficient (Wildman–Crippen LogP) is 4.31. The molecule has 11 heteroatoms. The highest BCUT2D eigenvalue weighted by Gasteiger charge is 2.46. The molecule has 1 saturated carbocycles. The summed E-state index contributed by atoms with van der Waals surface area (Å²) in [4.78, 5) is 34.8. The van der Waals surface area contributed by atoms with Crippen LogP contribution in [0.4, 0.5) is 14.6 Å². The third kappa shape index (κ3) is 4.48. The number of aromatic amines is 1. The summed E-state index contributed by atoms with van der Waals surface area (Å²) in [5.74, 6) is -2.76. The highest BCUT2D eigenvalue weighted by molar-refractivity contribution is 6.05. The molecule has 0 unspecified atom stereocenters. The van der Waals surface area contributed by atoms with Crippen molar-refractivity contribution in [2.75, 3.05) is 18.0 Å². The summed E-state index contributed by atoms with van der Waals surface area (Å²) in [6.45, 7) is 10.2. The van der Waals surface area contributed by atoms with Gasteiger partial charge in [-0.1, -0.05) is 20.8 Å². The zero-order valence-corrected chi connectivity index (χ0v) is 21.9. The molecule has 0 spiro atoms. The number of carbonyl (C=O) groups excluding carboxylic acids is 2. The number of anilines is 1. The van der Waals surface area contributed by atoms with Crippen LogP contribution in [0.2, 0.25) is 0 Å². The summed E-state index contributed by atoms with van der Waals surface area (Å²) in [7, 11) is 0. The molecule has 5 rings (SSSR count). The minimum absolute atomic E-state index is 0.0710. The summed E-state index contributed by atoms with van der Waals surface area (Å²) in [6.07, 6.45) is 3.68. The van der Waals surface area contributed by atoms with Gasteiger partial charge in [0.25, 0.3) is 11.8 Å². The minimum atomic E-state index is -2.62. The number of hydrogen-bond donors (Lipinski definition) is 1. The van der Waals surface area contributed by atoms with E-state index in [0.29, 0.717) is 37.4 Å². The second-order valence-electron chi connectivity index (χ2n) is 11.7. The number of halogens is 2. The van der Waals surface area contributed by atoms with E-state index in [2.05, 4.69) is 15.2 Å². The van der Waals surface area contributed by atoms with Crippen LogP contribution < -0.4 is 4.90 Å². The van der Waals surface area contributed by atoms with Crippen molar-refractivity contribution >= 4 is 23.3 Å². The molecule has 4 heterocycles. The Morgan fingerprint density at radius 1 is 1.16 bits per heavy atom. The number of alkyl halides is 2. The SMILES string of the molecule is CC(C)(C)c1cc(C2CCC(F)(F)CC2)nn2cc(C(=O)N3CCN(c4cc[nH]n4)C(=O)C3(C)C)nc12. The fraction of sp³-hybridized carbons (Fsp3) is 0.577. The van der Waals surface area contributed by atoms with Crippen molar-refractivity contribution in [3.8, 4) is 0 Å². The van der Waals surface area contributed by atoms with Crippen molar-refractivity contribution in [2.45, 2.75) is 83.1 Å². The second kappa shape index (κ2) is 8.59. The van der Waals surface area contributed by atoms with E-state index in [9.17, 15) is 18.4 Å².